The Labute approximate surface area is 118 Å². The first-order chi connectivity index (χ1) is 9.52. The number of rotatable bonds is 4. The van der Waals surface area contributed by atoms with Crippen LogP contribution >= 0.6 is 0 Å². The summed E-state index contributed by atoms with van der Waals surface area (Å²) in [5.74, 6) is 0.0735. The fraction of sp³-hybridized carbons (Fsp3) is 0.267. The van der Waals surface area contributed by atoms with Crippen molar-refractivity contribution in [3.8, 4) is 5.75 Å². The number of benzene rings is 1. The van der Waals surface area contributed by atoms with E-state index in [0.29, 0.717) is 30.0 Å². The largest absolute Gasteiger partial charge is 0.508 e. The lowest BCUT2D eigenvalue weighted by Gasteiger charge is -2.18. The summed E-state index contributed by atoms with van der Waals surface area (Å²) >= 11 is 0. The molecule has 0 atom stereocenters. The highest BCUT2D eigenvalue weighted by molar-refractivity contribution is 5.93. The number of aromatic nitrogens is 1. The number of amides is 1. The molecule has 0 spiro atoms. The van der Waals surface area contributed by atoms with E-state index in [-0.39, 0.29) is 11.7 Å². The van der Waals surface area contributed by atoms with Crippen molar-refractivity contribution >= 4 is 11.6 Å². The molecule has 0 radical (unpaired) electrons. The molecule has 2 aromatic rings. The summed E-state index contributed by atoms with van der Waals surface area (Å²) in [5, 5.41) is 9.75. The van der Waals surface area contributed by atoms with Gasteiger partial charge in [-0.1, -0.05) is 18.2 Å². The highest BCUT2D eigenvalue weighted by Crippen LogP contribution is 2.19. The summed E-state index contributed by atoms with van der Waals surface area (Å²) in [5.41, 5.74) is 7.59. The second kappa shape index (κ2) is 5.69. The monoisotopic (exact) mass is 273 g/mol. The molecule has 5 nitrogen and oxygen atoms in total. The molecule has 0 fully saturated rings. The molecule has 0 saturated carbocycles. The number of aryl methyl sites for hydroxylation is 1. The average Bonchev–Trinajstić information content (AvgIpc) is 2.81. The summed E-state index contributed by atoms with van der Waals surface area (Å²) in [4.78, 5) is 14.0. The summed E-state index contributed by atoms with van der Waals surface area (Å²) < 4.78 is 1.82. The van der Waals surface area contributed by atoms with Gasteiger partial charge in [0.05, 0.1) is 5.69 Å². The predicted molar refractivity (Wildman–Crippen MR) is 78.4 cm³/mol. The lowest BCUT2D eigenvalue weighted by atomic mass is 10.2. The van der Waals surface area contributed by atoms with Crippen LogP contribution < -0.4 is 5.73 Å². The van der Waals surface area contributed by atoms with Gasteiger partial charge in [-0.15, -0.1) is 0 Å². The van der Waals surface area contributed by atoms with E-state index in [1.165, 1.54) is 0 Å². The van der Waals surface area contributed by atoms with Crippen LogP contribution in [-0.4, -0.2) is 27.5 Å². The first-order valence-corrected chi connectivity index (χ1v) is 6.51. The number of phenolic OH excluding ortho intramolecular Hbond substituents is 1. The Hall–Kier alpha value is -2.43. The smallest absolute Gasteiger partial charge is 0.270 e. The molecule has 1 aromatic carbocycles. The number of phenols is 1. The van der Waals surface area contributed by atoms with Gasteiger partial charge >= 0.3 is 0 Å². The lowest BCUT2D eigenvalue weighted by molar-refractivity contribution is 0.0774. The van der Waals surface area contributed by atoms with Gasteiger partial charge in [0, 0.05) is 31.9 Å². The van der Waals surface area contributed by atoms with E-state index in [9.17, 15) is 9.90 Å². The minimum absolute atomic E-state index is 0.119. The highest BCUT2D eigenvalue weighted by atomic mass is 16.3. The van der Waals surface area contributed by atoms with Crippen LogP contribution in [0.3, 0.4) is 0 Å². The van der Waals surface area contributed by atoms with Crippen molar-refractivity contribution in [2.45, 2.75) is 20.0 Å². The number of nitrogens with two attached hydrogens (primary N) is 1. The van der Waals surface area contributed by atoms with Crippen LogP contribution in [0, 0.1) is 0 Å². The molecular formula is C15H19N3O2. The fourth-order valence-electron chi connectivity index (χ4n) is 2.14. The third-order valence-electron chi connectivity index (χ3n) is 3.22. The van der Waals surface area contributed by atoms with Crippen LogP contribution in [-0.2, 0) is 13.1 Å². The highest BCUT2D eigenvalue weighted by Gasteiger charge is 2.17. The van der Waals surface area contributed by atoms with Crippen LogP contribution in [0.15, 0.2) is 36.5 Å². The quantitative estimate of drug-likeness (QED) is 0.895. The molecule has 3 N–H and O–H groups in total. The van der Waals surface area contributed by atoms with Crippen molar-refractivity contribution in [3.63, 3.8) is 0 Å². The van der Waals surface area contributed by atoms with Gasteiger partial charge in [-0.3, -0.25) is 4.79 Å². The Kier molecular flexibility index (Phi) is 3.98. The molecule has 0 aliphatic rings. The van der Waals surface area contributed by atoms with Crippen LogP contribution in [0.4, 0.5) is 5.69 Å². The van der Waals surface area contributed by atoms with Crippen molar-refractivity contribution in [1.29, 1.82) is 0 Å². The van der Waals surface area contributed by atoms with E-state index in [1.807, 2.05) is 17.6 Å². The van der Waals surface area contributed by atoms with Gasteiger partial charge < -0.3 is 20.3 Å². The fourth-order valence-corrected chi connectivity index (χ4v) is 2.14. The molecule has 0 bridgehead atoms. The lowest BCUT2D eigenvalue weighted by Crippen LogP contribution is -2.28. The SMILES string of the molecule is CCn1cc(N)cc1C(=O)N(C)Cc1ccccc1O. The van der Waals surface area contributed by atoms with Crippen LogP contribution in [0.1, 0.15) is 23.0 Å². The molecule has 0 aliphatic carbocycles. The summed E-state index contributed by atoms with van der Waals surface area (Å²) in [6.45, 7) is 2.99. The Morgan fingerprint density at radius 3 is 2.75 bits per heavy atom. The van der Waals surface area contributed by atoms with Gasteiger partial charge in [-0.25, -0.2) is 0 Å². The van der Waals surface area contributed by atoms with Gasteiger partial charge in [-0.2, -0.15) is 0 Å². The van der Waals surface area contributed by atoms with E-state index in [2.05, 4.69) is 0 Å². The van der Waals surface area contributed by atoms with Crippen molar-refractivity contribution in [2.24, 2.45) is 0 Å². The van der Waals surface area contributed by atoms with E-state index in [0.717, 1.165) is 0 Å². The Balaban J connectivity index is 2.18. The number of carbonyl (C=O) groups excluding carboxylic acids is 1. The molecule has 1 aromatic heterocycles. The number of carbonyl (C=O) groups is 1. The van der Waals surface area contributed by atoms with Gasteiger partial charge in [0.1, 0.15) is 11.4 Å². The molecule has 0 aliphatic heterocycles. The molecule has 0 unspecified atom stereocenters. The average molecular weight is 273 g/mol. The number of para-hydroxylation sites is 1. The number of aromatic hydroxyl groups is 1. The topological polar surface area (TPSA) is 71.5 Å². The first kappa shape index (κ1) is 14.0. The van der Waals surface area contributed by atoms with Gasteiger partial charge in [0.2, 0.25) is 0 Å². The number of hydrogen-bond acceptors (Lipinski definition) is 3. The number of nitrogens with zero attached hydrogens (tertiary/aromatic N) is 2. The zero-order valence-electron chi connectivity index (χ0n) is 11.7. The second-order valence-corrected chi connectivity index (χ2v) is 4.73. The zero-order valence-corrected chi connectivity index (χ0v) is 11.7. The molecule has 5 heteroatoms. The zero-order chi connectivity index (χ0) is 14.7. The van der Waals surface area contributed by atoms with E-state index in [4.69, 9.17) is 5.73 Å². The van der Waals surface area contributed by atoms with E-state index < -0.39 is 0 Å². The third-order valence-corrected chi connectivity index (χ3v) is 3.22. The van der Waals surface area contributed by atoms with E-state index in [1.54, 1.807) is 42.4 Å². The molecule has 0 saturated heterocycles. The maximum atomic E-state index is 12.4. The van der Waals surface area contributed by atoms with Crippen LogP contribution in [0.25, 0.3) is 0 Å². The minimum atomic E-state index is -0.119. The maximum Gasteiger partial charge on any atom is 0.270 e. The Morgan fingerprint density at radius 2 is 2.10 bits per heavy atom. The molecule has 20 heavy (non-hydrogen) atoms. The van der Waals surface area contributed by atoms with Crippen molar-refractivity contribution < 1.29 is 9.90 Å². The maximum absolute atomic E-state index is 12.4. The van der Waals surface area contributed by atoms with Gasteiger partial charge in [0.15, 0.2) is 0 Å². The van der Waals surface area contributed by atoms with Crippen LogP contribution in [0.5, 0.6) is 5.75 Å². The van der Waals surface area contributed by atoms with Gasteiger partial charge in [-0.05, 0) is 19.1 Å². The standard InChI is InChI=1S/C15H19N3O2/c1-3-18-10-12(16)8-13(18)15(20)17(2)9-11-6-4-5-7-14(11)19/h4-8,10,19H,3,9,16H2,1-2H3. The minimum Gasteiger partial charge on any atom is -0.508 e. The van der Waals surface area contributed by atoms with Crippen molar-refractivity contribution in [2.75, 3.05) is 12.8 Å². The predicted octanol–water partition coefficient (Wildman–Crippen LogP) is 2.07. The van der Waals surface area contributed by atoms with E-state index >= 15 is 0 Å². The normalized spacial score (nSPS) is 10.5. The van der Waals surface area contributed by atoms with Gasteiger partial charge in [0.25, 0.3) is 5.91 Å². The number of hydrogen-bond donors (Lipinski definition) is 2. The summed E-state index contributed by atoms with van der Waals surface area (Å²) in [6.07, 6.45) is 1.75. The third kappa shape index (κ3) is 2.77. The molecular weight excluding hydrogens is 254 g/mol. The molecule has 1 heterocycles. The molecule has 2 rings (SSSR count). The Morgan fingerprint density at radius 1 is 1.40 bits per heavy atom. The number of anilines is 1. The van der Waals surface area contributed by atoms with Crippen molar-refractivity contribution in [3.05, 3.63) is 47.8 Å². The molecule has 106 valence electrons. The molecule has 1 amide bonds. The first-order valence-electron chi connectivity index (χ1n) is 6.51. The summed E-state index contributed by atoms with van der Waals surface area (Å²) in [6, 6.07) is 8.67. The second-order valence-electron chi connectivity index (χ2n) is 4.73. The Bertz CT molecular complexity index is 619. The summed E-state index contributed by atoms with van der Waals surface area (Å²) in [7, 11) is 1.71. The van der Waals surface area contributed by atoms with Crippen LogP contribution in [0.2, 0.25) is 0 Å². The number of nitrogen functional groups attached to an aromatic ring is 1. The van der Waals surface area contributed by atoms with Crippen molar-refractivity contribution in [1.82, 2.24) is 9.47 Å².